The first-order chi connectivity index (χ1) is 9.28. The number of nitriles is 1. The number of rotatable bonds is 2. The van der Waals surface area contributed by atoms with Gasteiger partial charge in [-0.2, -0.15) is 10.4 Å². The van der Waals surface area contributed by atoms with Gasteiger partial charge in [0.25, 0.3) is 0 Å². The zero-order valence-corrected chi connectivity index (χ0v) is 10.6. The second kappa shape index (κ2) is 4.90. The van der Waals surface area contributed by atoms with E-state index in [1.54, 1.807) is 6.20 Å². The molecule has 1 saturated carbocycles. The predicted molar refractivity (Wildman–Crippen MR) is 71.7 cm³/mol. The number of H-pyrrole nitrogens is 1. The third-order valence-corrected chi connectivity index (χ3v) is 3.66. The topological polar surface area (TPSA) is 87.7 Å². The van der Waals surface area contributed by atoms with Crippen LogP contribution in [-0.2, 0) is 0 Å². The summed E-state index contributed by atoms with van der Waals surface area (Å²) in [6.07, 6.45) is 5.78. The molecule has 1 aromatic heterocycles. The second-order valence-electron chi connectivity index (χ2n) is 5.05. The molecule has 1 aliphatic carbocycles. The minimum absolute atomic E-state index is 0.111. The lowest BCUT2D eigenvalue weighted by molar-refractivity contribution is 0.144. The molecule has 3 rings (SSSR count). The summed E-state index contributed by atoms with van der Waals surface area (Å²) < 4.78 is 5.98. The molecule has 2 aromatic rings. The summed E-state index contributed by atoms with van der Waals surface area (Å²) in [5.41, 5.74) is 7.36. The Morgan fingerprint density at radius 3 is 3.11 bits per heavy atom. The van der Waals surface area contributed by atoms with Gasteiger partial charge in [0.05, 0.1) is 11.7 Å². The lowest BCUT2D eigenvalue weighted by Crippen LogP contribution is -2.33. The Hall–Kier alpha value is -2.06. The highest BCUT2D eigenvalue weighted by molar-refractivity contribution is 5.86. The summed E-state index contributed by atoms with van der Waals surface area (Å²) in [5, 5.41) is 16.9. The van der Waals surface area contributed by atoms with Gasteiger partial charge in [-0.25, -0.2) is 0 Å². The highest BCUT2D eigenvalue weighted by atomic mass is 16.5. The molecule has 5 heteroatoms. The molecule has 0 bridgehead atoms. The number of nitrogens with two attached hydrogens (primary N) is 1. The van der Waals surface area contributed by atoms with Crippen LogP contribution in [0.1, 0.15) is 31.2 Å². The van der Waals surface area contributed by atoms with Crippen molar-refractivity contribution in [3.05, 3.63) is 23.9 Å². The molecule has 5 nitrogen and oxygen atoms in total. The minimum atomic E-state index is 0.111. The molecule has 0 spiro atoms. The zero-order chi connectivity index (χ0) is 13.2. The van der Waals surface area contributed by atoms with Gasteiger partial charge in [-0.15, -0.1) is 0 Å². The van der Waals surface area contributed by atoms with Crippen molar-refractivity contribution < 1.29 is 4.74 Å². The van der Waals surface area contributed by atoms with E-state index in [0.717, 1.165) is 36.6 Å². The number of hydrogen-bond acceptors (Lipinski definition) is 4. The van der Waals surface area contributed by atoms with Crippen molar-refractivity contribution >= 4 is 10.9 Å². The summed E-state index contributed by atoms with van der Waals surface area (Å²) >= 11 is 0. The number of fused-ring (bicyclic) bond motifs is 1. The monoisotopic (exact) mass is 256 g/mol. The summed E-state index contributed by atoms with van der Waals surface area (Å²) in [6.45, 7) is 0. The Labute approximate surface area is 111 Å². The quantitative estimate of drug-likeness (QED) is 0.861. The fourth-order valence-corrected chi connectivity index (χ4v) is 2.68. The number of nitrogens with zero attached hydrogens (tertiary/aromatic N) is 2. The van der Waals surface area contributed by atoms with Crippen LogP contribution in [-0.4, -0.2) is 22.3 Å². The number of ether oxygens (including phenoxy) is 1. The maximum Gasteiger partial charge on any atom is 0.138 e. The fourth-order valence-electron chi connectivity index (χ4n) is 2.68. The van der Waals surface area contributed by atoms with E-state index in [1.165, 1.54) is 0 Å². The van der Waals surface area contributed by atoms with Gasteiger partial charge >= 0.3 is 0 Å². The normalized spacial score (nSPS) is 23.2. The highest BCUT2D eigenvalue weighted by Crippen LogP contribution is 2.29. The van der Waals surface area contributed by atoms with Gasteiger partial charge < -0.3 is 10.5 Å². The molecule has 0 radical (unpaired) electrons. The Balaban J connectivity index is 1.90. The molecule has 0 amide bonds. The van der Waals surface area contributed by atoms with Gasteiger partial charge in [-0.3, -0.25) is 5.10 Å². The first-order valence-electron chi connectivity index (χ1n) is 6.56. The van der Waals surface area contributed by atoms with Gasteiger partial charge in [0.15, 0.2) is 0 Å². The van der Waals surface area contributed by atoms with Crippen LogP contribution in [0, 0.1) is 11.3 Å². The first kappa shape index (κ1) is 12.0. The van der Waals surface area contributed by atoms with Crippen molar-refractivity contribution in [2.75, 3.05) is 0 Å². The molecule has 1 aromatic carbocycles. The second-order valence-corrected chi connectivity index (χ2v) is 5.05. The van der Waals surface area contributed by atoms with Crippen molar-refractivity contribution in [3.63, 3.8) is 0 Å². The van der Waals surface area contributed by atoms with Crippen molar-refractivity contribution in [2.45, 2.75) is 37.8 Å². The Morgan fingerprint density at radius 1 is 1.42 bits per heavy atom. The summed E-state index contributed by atoms with van der Waals surface area (Å²) in [6, 6.07) is 6.14. The molecule has 1 heterocycles. The van der Waals surface area contributed by atoms with Crippen molar-refractivity contribution in [1.82, 2.24) is 10.2 Å². The maximum absolute atomic E-state index is 9.32. The number of benzene rings is 1. The minimum Gasteiger partial charge on any atom is -0.489 e. The lowest BCUT2D eigenvalue weighted by Gasteiger charge is -2.27. The average molecular weight is 256 g/mol. The predicted octanol–water partition coefficient (Wildman–Crippen LogP) is 2.08. The van der Waals surface area contributed by atoms with E-state index in [-0.39, 0.29) is 12.1 Å². The number of nitrogens with one attached hydrogen (secondary N) is 1. The molecular formula is C14H16N4O. The van der Waals surface area contributed by atoms with Crippen LogP contribution < -0.4 is 10.5 Å². The van der Waals surface area contributed by atoms with Crippen molar-refractivity contribution in [1.29, 1.82) is 5.26 Å². The van der Waals surface area contributed by atoms with E-state index in [1.807, 2.05) is 12.1 Å². The van der Waals surface area contributed by atoms with E-state index >= 15 is 0 Å². The van der Waals surface area contributed by atoms with Crippen LogP contribution in [0.15, 0.2) is 18.3 Å². The molecule has 2 unspecified atom stereocenters. The van der Waals surface area contributed by atoms with Crippen LogP contribution in [0.3, 0.4) is 0 Å². The van der Waals surface area contributed by atoms with E-state index in [2.05, 4.69) is 16.3 Å². The maximum atomic E-state index is 9.32. The summed E-state index contributed by atoms with van der Waals surface area (Å²) in [4.78, 5) is 0. The highest BCUT2D eigenvalue weighted by Gasteiger charge is 2.22. The molecular weight excluding hydrogens is 240 g/mol. The molecule has 98 valence electrons. The third kappa shape index (κ3) is 2.27. The average Bonchev–Trinajstić information content (AvgIpc) is 2.87. The molecule has 2 atom stereocenters. The fraction of sp³-hybridized carbons (Fsp3) is 0.429. The Bertz CT molecular complexity index is 628. The van der Waals surface area contributed by atoms with Crippen LogP contribution in [0.2, 0.25) is 0 Å². The standard InChI is InChI=1S/C14H16N4O/c15-7-11-12-8-17-18-13(12)4-5-14(11)19-10-3-1-2-9(16)6-10/h4-5,8-10H,1-3,6,16H2,(H,17,18). The first-order valence-corrected chi connectivity index (χ1v) is 6.56. The zero-order valence-electron chi connectivity index (χ0n) is 10.6. The van der Waals surface area contributed by atoms with Crippen LogP contribution in [0.4, 0.5) is 0 Å². The number of hydrogen-bond donors (Lipinski definition) is 2. The third-order valence-electron chi connectivity index (χ3n) is 3.66. The van der Waals surface area contributed by atoms with Crippen molar-refractivity contribution in [3.8, 4) is 11.8 Å². The molecule has 1 fully saturated rings. The van der Waals surface area contributed by atoms with Gasteiger partial charge in [0.1, 0.15) is 23.5 Å². The van der Waals surface area contributed by atoms with Gasteiger partial charge in [-0.05, 0) is 37.8 Å². The largest absolute Gasteiger partial charge is 0.489 e. The molecule has 1 aliphatic rings. The Kier molecular flexibility index (Phi) is 3.10. The van der Waals surface area contributed by atoms with Crippen LogP contribution in [0.5, 0.6) is 5.75 Å². The van der Waals surface area contributed by atoms with E-state index in [0.29, 0.717) is 11.3 Å². The van der Waals surface area contributed by atoms with E-state index in [4.69, 9.17) is 10.5 Å². The van der Waals surface area contributed by atoms with Gasteiger partial charge in [0.2, 0.25) is 0 Å². The SMILES string of the molecule is N#Cc1c(OC2CCCC(N)C2)ccc2[nH]ncc12. The summed E-state index contributed by atoms with van der Waals surface area (Å²) in [5.74, 6) is 0.635. The smallest absolute Gasteiger partial charge is 0.138 e. The number of aromatic amines is 1. The lowest BCUT2D eigenvalue weighted by atomic mass is 9.93. The Morgan fingerprint density at radius 2 is 2.32 bits per heavy atom. The van der Waals surface area contributed by atoms with E-state index in [9.17, 15) is 5.26 Å². The molecule has 0 aliphatic heterocycles. The van der Waals surface area contributed by atoms with Crippen LogP contribution >= 0.6 is 0 Å². The van der Waals surface area contributed by atoms with Crippen LogP contribution in [0.25, 0.3) is 10.9 Å². The summed E-state index contributed by atoms with van der Waals surface area (Å²) in [7, 11) is 0. The van der Waals surface area contributed by atoms with E-state index < -0.39 is 0 Å². The van der Waals surface area contributed by atoms with Crippen molar-refractivity contribution in [2.24, 2.45) is 5.73 Å². The molecule has 0 saturated heterocycles. The van der Waals surface area contributed by atoms with Gasteiger partial charge in [0, 0.05) is 11.4 Å². The molecule has 3 N–H and O–H groups in total. The molecule has 19 heavy (non-hydrogen) atoms. The van der Waals surface area contributed by atoms with Gasteiger partial charge in [-0.1, -0.05) is 0 Å². The number of aromatic nitrogens is 2.